The van der Waals surface area contributed by atoms with E-state index in [-0.39, 0.29) is 24.0 Å². The molecule has 0 unspecified atom stereocenters. The van der Waals surface area contributed by atoms with Crippen LogP contribution in [0.2, 0.25) is 0 Å². The number of aromatic nitrogens is 1. The molecule has 0 aromatic carbocycles. The second-order valence-corrected chi connectivity index (χ2v) is 5.53. The average molecular weight is 410 g/mol. The molecule has 1 aromatic heterocycles. The van der Waals surface area contributed by atoms with Gasteiger partial charge < -0.3 is 10.2 Å². The molecule has 0 amide bonds. The van der Waals surface area contributed by atoms with Gasteiger partial charge in [-0.25, -0.2) is 4.98 Å². The maximum Gasteiger partial charge on any atom is 0.193 e. The van der Waals surface area contributed by atoms with E-state index in [1.165, 1.54) is 23.5 Å². The van der Waals surface area contributed by atoms with E-state index in [1.54, 1.807) is 11.3 Å². The Bertz CT molecular complexity index is 392. The first kappa shape index (κ1) is 19.6. The molecular formula is C14H27IN4S. The Labute approximate surface area is 144 Å². The van der Waals surface area contributed by atoms with Gasteiger partial charge in [-0.2, -0.15) is 0 Å². The summed E-state index contributed by atoms with van der Waals surface area (Å²) in [4.78, 5) is 11.1. The van der Waals surface area contributed by atoms with E-state index in [2.05, 4.69) is 46.5 Å². The molecule has 4 nitrogen and oxygen atoms in total. The van der Waals surface area contributed by atoms with Gasteiger partial charge >= 0.3 is 0 Å². The van der Waals surface area contributed by atoms with Crippen LogP contribution in [0.5, 0.6) is 0 Å². The van der Waals surface area contributed by atoms with Crippen molar-refractivity contribution in [2.45, 2.75) is 39.5 Å². The van der Waals surface area contributed by atoms with Gasteiger partial charge in [-0.3, -0.25) is 4.99 Å². The predicted molar refractivity (Wildman–Crippen MR) is 99.5 cm³/mol. The van der Waals surface area contributed by atoms with Crippen molar-refractivity contribution in [3.05, 3.63) is 16.1 Å². The molecule has 0 aliphatic carbocycles. The maximum absolute atomic E-state index is 4.57. The van der Waals surface area contributed by atoms with E-state index in [4.69, 9.17) is 0 Å². The Hall–Kier alpha value is -0.370. The molecule has 0 atom stereocenters. The van der Waals surface area contributed by atoms with E-state index in [1.807, 2.05) is 7.05 Å². The Morgan fingerprint density at radius 1 is 1.45 bits per heavy atom. The standard InChI is InChI=1S/C14H26N4S.HI/c1-5-7-10-18(4)14(15-3)16-9-8-12-11-19-13(6-2)17-12;/h11H,5-10H2,1-4H3,(H,15,16);1H. The minimum atomic E-state index is 0. The van der Waals surface area contributed by atoms with Crippen LogP contribution in [0.4, 0.5) is 0 Å². The number of nitrogens with one attached hydrogen (secondary N) is 1. The van der Waals surface area contributed by atoms with Crippen LogP contribution in [-0.2, 0) is 12.8 Å². The van der Waals surface area contributed by atoms with Gasteiger partial charge in [-0.1, -0.05) is 20.3 Å². The fourth-order valence-electron chi connectivity index (χ4n) is 1.81. The first-order valence-corrected chi connectivity index (χ1v) is 7.94. The zero-order chi connectivity index (χ0) is 14.1. The molecule has 0 saturated heterocycles. The van der Waals surface area contributed by atoms with Crippen molar-refractivity contribution in [1.82, 2.24) is 15.2 Å². The van der Waals surface area contributed by atoms with E-state index in [0.29, 0.717) is 0 Å². The van der Waals surface area contributed by atoms with Gasteiger partial charge in [0.15, 0.2) is 5.96 Å². The van der Waals surface area contributed by atoms with Crippen LogP contribution < -0.4 is 5.32 Å². The Morgan fingerprint density at radius 3 is 2.75 bits per heavy atom. The lowest BCUT2D eigenvalue weighted by atomic mass is 10.3. The van der Waals surface area contributed by atoms with Crippen LogP contribution in [0, 0.1) is 0 Å². The summed E-state index contributed by atoms with van der Waals surface area (Å²) in [5.74, 6) is 0.972. The second-order valence-electron chi connectivity index (χ2n) is 4.59. The molecule has 116 valence electrons. The van der Waals surface area contributed by atoms with Crippen LogP contribution in [0.25, 0.3) is 0 Å². The number of hydrogen-bond acceptors (Lipinski definition) is 3. The lowest BCUT2D eigenvalue weighted by Gasteiger charge is -2.21. The summed E-state index contributed by atoms with van der Waals surface area (Å²) >= 11 is 1.75. The Kier molecular flexibility index (Phi) is 11.1. The molecule has 20 heavy (non-hydrogen) atoms. The predicted octanol–water partition coefficient (Wildman–Crippen LogP) is 3.17. The maximum atomic E-state index is 4.57. The second kappa shape index (κ2) is 11.3. The van der Waals surface area contributed by atoms with E-state index in [0.717, 1.165) is 31.9 Å². The SMILES string of the molecule is CCCCN(C)C(=NC)NCCc1csc(CC)n1.I. The summed E-state index contributed by atoms with van der Waals surface area (Å²) in [5.41, 5.74) is 1.18. The minimum absolute atomic E-state index is 0. The molecule has 6 heteroatoms. The van der Waals surface area contributed by atoms with Crippen molar-refractivity contribution in [3.63, 3.8) is 0 Å². The van der Waals surface area contributed by atoms with Gasteiger partial charge in [-0.15, -0.1) is 35.3 Å². The van der Waals surface area contributed by atoms with Crippen molar-refractivity contribution < 1.29 is 0 Å². The van der Waals surface area contributed by atoms with Gasteiger partial charge in [0.2, 0.25) is 0 Å². The molecule has 1 rings (SSSR count). The zero-order valence-corrected chi connectivity index (χ0v) is 16.1. The van der Waals surface area contributed by atoms with E-state index < -0.39 is 0 Å². The molecule has 1 N–H and O–H groups in total. The van der Waals surface area contributed by atoms with Crippen LogP contribution in [0.3, 0.4) is 0 Å². The van der Waals surface area contributed by atoms with Crippen molar-refractivity contribution in [1.29, 1.82) is 0 Å². The molecule has 0 bridgehead atoms. The Morgan fingerprint density at radius 2 is 2.20 bits per heavy atom. The number of unbranched alkanes of at least 4 members (excludes halogenated alkanes) is 1. The number of thiazole rings is 1. The smallest absolute Gasteiger partial charge is 0.193 e. The molecule has 0 aliphatic heterocycles. The van der Waals surface area contributed by atoms with E-state index >= 15 is 0 Å². The van der Waals surface area contributed by atoms with Crippen LogP contribution in [-0.4, -0.2) is 43.0 Å². The highest BCUT2D eigenvalue weighted by atomic mass is 127. The van der Waals surface area contributed by atoms with Gasteiger partial charge in [0, 0.05) is 39.0 Å². The lowest BCUT2D eigenvalue weighted by Crippen LogP contribution is -2.40. The third kappa shape index (κ3) is 6.88. The van der Waals surface area contributed by atoms with Crippen molar-refractivity contribution in [2.24, 2.45) is 4.99 Å². The summed E-state index contributed by atoms with van der Waals surface area (Å²) < 4.78 is 0. The molecule has 0 aliphatic rings. The topological polar surface area (TPSA) is 40.5 Å². The molecule has 0 fully saturated rings. The molecule has 1 heterocycles. The van der Waals surface area contributed by atoms with Crippen LogP contribution in [0.1, 0.15) is 37.4 Å². The number of rotatable bonds is 7. The molecule has 0 spiro atoms. The summed E-state index contributed by atoms with van der Waals surface area (Å²) in [6, 6.07) is 0. The molecule has 0 saturated carbocycles. The first-order chi connectivity index (χ1) is 9.21. The van der Waals surface area contributed by atoms with Crippen molar-refractivity contribution in [2.75, 3.05) is 27.2 Å². The molecule has 0 radical (unpaired) electrons. The monoisotopic (exact) mass is 410 g/mol. The highest BCUT2D eigenvalue weighted by Gasteiger charge is 2.05. The first-order valence-electron chi connectivity index (χ1n) is 7.06. The van der Waals surface area contributed by atoms with Gasteiger partial charge in [0.05, 0.1) is 10.7 Å². The number of aryl methyl sites for hydroxylation is 1. The van der Waals surface area contributed by atoms with Crippen molar-refractivity contribution >= 4 is 41.3 Å². The largest absolute Gasteiger partial charge is 0.356 e. The number of guanidine groups is 1. The third-order valence-electron chi connectivity index (χ3n) is 2.99. The number of halogens is 1. The number of hydrogen-bond donors (Lipinski definition) is 1. The van der Waals surface area contributed by atoms with Gasteiger partial charge in [0.25, 0.3) is 0 Å². The average Bonchev–Trinajstić information content (AvgIpc) is 2.89. The minimum Gasteiger partial charge on any atom is -0.356 e. The van der Waals surface area contributed by atoms with Gasteiger partial charge in [-0.05, 0) is 12.8 Å². The van der Waals surface area contributed by atoms with Crippen LogP contribution >= 0.6 is 35.3 Å². The number of aliphatic imine (C=N–C) groups is 1. The lowest BCUT2D eigenvalue weighted by molar-refractivity contribution is 0.465. The normalized spacial score (nSPS) is 11.1. The summed E-state index contributed by atoms with van der Waals surface area (Å²) in [6.07, 6.45) is 4.39. The fourth-order valence-corrected chi connectivity index (χ4v) is 2.59. The van der Waals surface area contributed by atoms with E-state index in [9.17, 15) is 0 Å². The summed E-state index contributed by atoms with van der Waals surface area (Å²) in [6.45, 7) is 6.28. The third-order valence-corrected chi connectivity index (χ3v) is 4.03. The highest BCUT2D eigenvalue weighted by Crippen LogP contribution is 2.10. The summed E-state index contributed by atoms with van der Waals surface area (Å²) in [7, 11) is 3.92. The Balaban J connectivity index is 0.00000361. The number of nitrogens with zero attached hydrogens (tertiary/aromatic N) is 3. The molecule has 1 aromatic rings. The van der Waals surface area contributed by atoms with Gasteiger partial charge in [0.1, 0.15) is 0 Å². The fraction of sp³-hybridized carbons (Fsp3) is 0.714. The highest BCUT2D eigenvalue weighted by molar-refractivity contribution is 14.0. The quantitative estimate of drug-likeness (QED) is 0.427. The molecular weight excluding hydrogens is 383 g/mol. The summed E-state index contributed by atoms with van der Waals surface area (Å²) in [5, 5.41) is 6.77. The van der Waals surface area contributed by atoms with Crippen molar-refractivity contribution in [3.8, 4) is 0 Å². The van der Waals surface area contributed by atoms with Crippen LogP contribution in [0.15, 0.2) is 10.4 Å². The zero-order valence-electron chi connectivity index (χ0n) is 13.0.